The van der Waals surface area contributed by atoms with Crippen molar-refractivity contribution in [3.05, 3.63) is 36.0 Å². The highest BCUT2D eigenvalue weighted by atomic mass is 32.1. The first-order valence-electron chi connectivity index (χ1n) is 5.19. The lowest BCUT2D eigenvalue weighted by molar-refractivity contribution is 0.0526. The Morgan fingerprint density at radius 2 is 2.12 bits per heavy atom. The van der Waals surface area contributed by atoms with E-state index < -0.39 is 0 Å². The van der Waals surface area contributed by atoms with Crippen LogP contribution in [-0.2, 0) is 4.74 Å². The number of nitrogen functional groups attached to an aromatic ring is 1. The van der Waals surface area contributed by atoms with Crippen LogP contribution in [-0.4, -0.2) is 17.6 Å². The molecule has 88 valence electrons. The van der Waals surface area contributed by atoms with Crippen LogP contribution >= 0.6 is 11.3 Å². The molecule has 5 heteroatoms. The molecule has 0 aliphatic carbocycles. The Labute approximate surface area is 103 Å². The first-order chi connectivity index (χ1) is 8.20. The number of rotatable bonds is 3. The zero-order valence-electron chi connectivity index (χ0n) is 9.34. The number of carbonyl (C=O) groups excluding carboxylic acids is 1. The number of nitrogens with zero attached hydrogens (tertiary/aromatic N) is 1. The van der Waals surface area contributed by atoms with Crippen molar-refractivity contribution in [2.45, 2.75) is 6.92 Å². The fourth-order valence-corrected chi connectivity index (χ4v) is 2.10. The third-order valence-electron chi connectivity index (χ3n) is 2.20. The maximum atomic E-state index is 11.4. The summed E-state index contributed by atoms with van der Waals surface area (Å²) in [6.45, 7) is 2.17. The number of anilines is 1. The van der Waals surface area contributed by atoms with Gasteiger partial charge >= 0.3 is 5.97 Å². The molecule has 0 aliphatic heterocycles. The van der Waals surface area contributed by atoms with Gasteiger partial charge in [0.1, 0.15) is 0 Å². The van der Waals surface area contributed by atoms with E-state index in [2.05, 4.69) is 4.98 Å². The van der Waals surface area contributed by atoms with Gasteiger partial charge in [-0.2, -0.15) is 0 Å². The molecule has 2 rings (SSSR count). The van der Waals surface area contributed by atoms with Crippen molar-refractivity contribution >= 4 is 22.4 Å². The SMILES string of the molecule is CCOC(=O)c1ccc(-c2cnc(N)s2)cc1. The molecule has 1 aromatic carbocycles. The summed E-state index contributed by atoms with van der Waals surface area (Å²) in [5.41, 5.74) is 7.11. The molecule has 0 atom stereocenters. The summed E-state index contributed by atoms with van der Waals surface area (Å²) in [7, 11) is 0. The molecule has 0 bridgehead atoms. The summed E-state index contributed by atoms with van der Waals surface area (Å²) in [6, 6.07) is 7.20. The first kappa shape index (κ1) is 11.6. The van der Waals surface area contributed by atoms with Gasteiger partial charge in [-0.3, -0.25) is 0 Å². The molecule has 17 heavy (non-hydrogen) atoms. The molecule has 0 fully saturated rings. The number of benzene rings is 1. The molecule has 4 nitrogen and oxygen atoms in total. The number of carbonyl (C=O) groups is 1. The number of hydrogen-bond acceptors (Lipinski definition) is 5. The highest BCUT2D eigenvalue weighted by Crippen LogP contribution is 2.27. The van der Waals surface area contributed by atoms with Crippen LogP contribution in [0.25, 0.3) is 10.4 Å². The van der Waals surface area contributed by atoms with Crippen LogP contribution in [0.5, 0.6) is 0 Å². The van der Waals surface area contributed by atoms with Crippen molar-refractivity contribution in [1.82, 2.24) is 4.98 Å². The topological polar surface area (TPSA) is 65.2 Å². The standard InChI is InChI=1S/C12H12N2O2S/c1-2-16-11(15)9-5-3-8(4-6-9)10-7-14-12(13)17-10/h3-7H,2H2,1H3,(H2,13,14). The number of ether oxygens (including phenoxy) is 1. The third kappa shape index (κ3) is 2.62. The van der Waals surface area contributed by atoms with Crippen molar-refractivity contribution in [2.75, 3.05) is 12.3 Å². The highest BCUT2D eigenvalue weighted by molar-refractivity contribution is 7.18. The Morgan fingerprint density at radius 1 is 1.41 bits per heavy atom. The van der Waals surface area contributed by atoms with Gasteiger partial charge < -0.3 is 10.5 Å². The first-order valence-corrected chi connectivity index (χ1v) is 6.01. The van der Waals surface area contributed by atoms with Crippen LogP contribution in [0.3, 0.4) is 0 Å². The quantitative estimate of drug-likeness (QED) is 0.848. The van der Waals surface area contributed by atoms with E-state index in [9.17, 15) is 4.79 Å². The van der Waals surface area contributed by atoms with E-state index in [4.69, 9.17) is 10.5 Å². The van der Waals surface area contributed by atoms with Crippen LogP contribution in [0.4, 0.5) is 5.13 Å². The molecule has 0 amide bonds. The Bertz CT molecular complexity index is 520. The molecule has 0 unspecified atom stereocenters. The second-order valence-corrected chi connectivity index (χ2v) is 4.42. The summed E-state index contributed by atoms with van der Waals surface area (Å²) < 4.78 is 4.91. The minimum Gasteiger partial charge on any atom is -0.462 e. The molecule has 2 N–H and O–H groups in total. The molecule has 0 aliphatic rings. The zero-order valence-corrected chi connectivity index (χ0v) is 10.2. The lowest BCUT2D eigenvalue weighted by atomic mass is 10.1. The van der Waals surface area contributed by atoms with E-state index in [1.165, 1.54) is 11.3 Å². The van der Waals surface area contributed by atoms with Crippen molar-refractivity contribution in [3.63, 3.8) is 0 Å². The molecule has 1 heterocycles. The van der Waals surface area contributed by atoms with Crippen LogP contribution in [0.2, 0.25) is 0 Å². The van der Waals surface area contributed by atoms with Crippen LogP contribution in [0.1, 0.15) is 17.3 Å². The average molecular weight is 248 g/mol. The minimum absolute atomic E-state index is 0.303. The van der Waals surface area contributed by atoms with E-state index in [0.29, 0.717) is 17.3 Å². The Balaban J connectivity index is 2.21. The Kier molecular flexibility index (Phi) is 3.39. The van der Waals surface area contributed by atoms with Gasteiger partial charge in [0.25, 0.3) is 0 Å². The number of aromatic nitrogens is 1. The third-order valence-corrected chi connectivity index (χ3v) is 3.08. The fourth-order valence-electron chi connectivity index (χ4n) is 1.41. The van der Waals surface area contributed by atoms with Gasteiger partial charge in [-0.25, -0.2) is 9.78 Å². The molecular formula is C12H12N2O2S. The van der Waals surface area contributed by atoms with Crippen molar-refractivity contribution < 1.29 is 9.53 Å². The van der Waals surface area contributed by atoms with Crippen molar-refractivity contribution in [1.29, 1.82) is 0 Å². The largest absolute Gasteiger partial charge is 0.462 e. The highest BCUT2D eigenvalue weighted by Gasteiger charge is 2.07. The zero-order chi connectivity index (χ0) is 12.3. The molecular weight excluding hydrogens is 236 g/mol. The second-order valence-electron chi connectivity index (χ2n) is 3.36. The normalized spacial score (nSPS) is 10.2. The molecule has 0 saturated heterocycles. The van der Waals surface area contributed by atoms with E-state index in [1.807, 2.05) is 12.1 Å². The van der Waals surface area contributed by atoms with E-state index in [1.54, 1.807) is 25.3 Å². The predicted molar refractivity (Wildman–Crippen MR) is 67.9 cm³/mol. The van der Waals surface area contributed by atoms with Crippen LogP contribution in [0.15, 0.2) is 30.5 Å². The van der Waals surface area contributed by atoms with Crippen molar-refractivity contribution in [2.24, 2.45) is 0 Å². The fraction of sp³-hybridized carbons (Fsp3) is 0.167. The van der Waals surface area contributed by atoms with Gasteiger partial charge in [-0.1, -0.05) is 23.5 Å². The molecule has 0 radical (unpaired) electrons. The van der Waals surface area contributed by atoms with Gasteiger partial charge in [-0.15, -0.1) is 0 Å². The maximum Gasteiger partial charge on any atom is 0.338 e. The van der Waals surface area contributed by atoms with E-state index in [-0.39, 0.29) is 5.97 Å². The second kappa shape index (κ2) is 4.97. The summed E-state index contributed by atoms with van der Waals surface area (Å²) in [6.07, 6.45) is 1.72. The minimum atomic E-state index is -0.303. The van der Waals surface area contributed by atoms with Gasteiger partial charge in [0, 0.05) is 6.20 Å². The number of esters is 1. The number of hydrogen-bond donors (Lipinski definition) is 1. The average Bonchev–Trinajstić information content (AvgIpc) is 2.76. The molecule has 1 aromatic heterocycles. The van der Waals surface area contributed by atoms with Crippen LogP contribution < -0.4 is 5.73 Å². The lowest BCUT2D eigenvalue weighted by Crippen LogP contribution is -2.03. The molecule has 2 aromatic rings. The monoisotopic (exact) mass is 248 g/mol. The van der Waals surface area contributed by atoms with Crippen molar-refractivity contribution in [3.8, 4) is 10.4 Å². The summed E-state index contributed by atoms with van der Waals surface area (Å²) in [4.78, 5) is 16.4. The lowest BCUT2D eigenvalue weighted by Gasteiger charge is -2.02. The van der Waals surface area contributed by atoms with Gasteiger partial charge in [-0.05, 0) is 24.6 Å². The van der Waals surface area contributed by atoms with Crippen LogP contribution in [0, 0.1) is 0 Å². The number of nitrogens with two attached hydrogens (primary N) is 1. The Morgan fingerprint density at radius 3 is 2.65 bits per heavy atom. The predicted octanol–water partition coefficient (Wildman–Crippen LogP) is 2.57. The maximum absolute atomic E-state index is 11.4. The Hall–Kier alpha value is -1.88. The smallest absolute Gasteiger partial charge is 0.338 e. The number of thiazole rings is 1. The van der Waals surface area contributed by atoms with Gasteiger partial charge in [0.15, 0.2) is 5.13 Å². The van der Waals surface area contributed by atoms with Gasteiger partial charge in [0.2, 0.25) is 0 Å². The van der Waals surface area contributed by atoms with Gasteiger partial charge in [0.05, 0.1) is 17.0 Å². The summed E-state index contributed by atoms with van der Waals surface area (Å²) >= 11 is 1.42. The summed E-state index contributed by atoms with van der Waals surface area (Å²) in [5.74, 6) is -0.303. The van der Waals surface area contributed by atoms with E-state index >= 15 is 0 Å². The molecule has 0 saturated carbocycles. The summed E-state index contributed by atoms with van der Waals surface area (Å²) in [5, 5.41) is 0.537. The molecule has 0 spiro atoms. The van der Waals surface area contributed by atoms with E-state index in [0.717, 1.165) is 10.4 Å².